The van der Waals surface area contributed by atoms with Crippen LogP contribution in [0.2, 0.25) is 0 Å². The van der Waals surface area contributed by atoms with E-state index in [1.807, 2.05) is 32.0 Å². The van der Waals surface area contributed by atoms with Crippen molar-refractivity contribution in [3.63, 3.8) is 0 Å². The van der Waals surface area contributed by atoms with Crippen molar-refractivity contribution in [2.75, 3.05) is 0 Å². The number of carbonyl (C=O) groups excluding carboxylic acids is 1. The smallest absolute Gasteiger partial charge is 0.306 e. The lowest BCUT2D eigenvalue weighted by molar-refractivity contribution is -0.141. The van der Waals surface area contributed by atoms with Crippen molar-refractivity contribution in [3.8, 4) is 0 Å². The lowest BCUT2D eigenvalue weighted by Gasteiger charge is -2.12. The van der Waals surface area contributed by atoms with E-state index < -0.39 is 5.97 Å². The minimum Gasteiger partial charge on any atom is -0.481 e. The van der Waals surface area contributed by atoms with Gasteiger partial charge in [0.15, 0.2) is 5.78 Å². The van der Waals surface area contributed by atoms with Crippen molar-refractivity contribution in [1.82, 2.24) is 0 Å². The zero-order valence-electron chi connectivity index (χ0n) is 10.8. The molecule has 0 aromatic heterocycles. The van der Waals surface area contributed by atoms with Crippen LogP contribution in [0, 0.1) is 25.7 Å². The first-order valence-corrected chi connectivity index (χ1v) is 6.34. The molecular weight excluding hydrogens is 228 g/mol. The fourth-order valence-corrected chi connectivity index (χ4v) is 2.68. The fraction of sp³-hybridized carbons (Fsp3) is 0.467. The summed E-state index contributed by atoms with van der Waals surface area (Å²) in [4.78, 5) is 23.3. The van der Waals surface area contributed by atoms with Crippen LogP contribution in [0.1, 0.15) is 40.7 Å². The summed E-state index contributed by atoms with van der Waals surface area (Å²) in [6, 6.07) is 5.72. The molecule has 18 heavy (non-hydrogen) atoms. The van der Waals surface area contributed by atoms with Crippen LogP contribution in [0.3, 0.4) is 0 Å². The second-order valence-corrected chi connectivity index (χ2v) is 5.16. The van der Waals surface area contributed by atoms with Crippen LogP contribution in [-0.2, 0) is 4.79 Å². The van der Waals surface area contributed by atoms with Gasteiger partial charge in [-0.1, -0.05) is 18.2 Å². The van der Waals surface area contributed by atoms with Crippen molar-refractivity contribution in [2.45, 2.75) is 33.1 Å². The van der Waals surface area contributed by atoms with Gasteiger partial charge in [-0.2, -0.15) is 0 Å². The number of ketones is 1. The van der Waals surface area contributed by atoms with E-state index in [1.54, 1.807) is 0 Å². The normalized spacial score (nSPS) is 23.0. The van der Waals surface area contributed by atoms with Gasteiger partial charge in [-0.15, -0.1) is 0 Å². The number of benzene rings is 1. The molecule has 2 unspecified atom stereocenters. The number of carboxylic acids is 1. The number of carbonyl (C=O) groups is 2. The highest BCUT2D eigenvalue weighted by Gasteiger charge is 2.34. The predicted molar refractivity (Wildman–Crippen MR) is 68.7 cm³/mol. The molecule has 0 spiro atoms. The molecule has 3 nitrogen and oxygen atoms in total. The topological polar surface area (TPSA) is 54.4 Å². The van der Waals surface area contributed by atoms with Gasteiger partial charge >= 0.3 is 5.97 Å². The number of aliphatic carboxylic acids is 1. The molecular formula is C15H18O3. The van der Waals surface area contributed by atoms with Crippen LogP contribution >= 0.6 is 0 Å². The number of hydrogen-bond donors (Lipinski definition) is 1. The largest absolute Gasteiger partial charge is 0.481 e. The number of hydrogen-bond acceptors (Lipinski definition) is 2. The van der Waals surface area contributed by atoms with Gasteiger partial charge in [0.05, 0.1) is 5.92 Å². The Labute approximate surface area is 107 Å². The Morgan fingerprint density at radius 2 is 1.83 bits per heavy atom. The van der Waals surface area contributed by atoms with Crippen LogP contribution in [0.5, 0.6) is 0 Å². The molecule has 1 aromatic rings. The fourth-order valence-electron chi connectivity index (χ4n) is 2.68. The molecule has 0 saturated heterocycles. The molecule has 1 fully saturated rings. The zero-order chi connectivity index (χ0) is 13.3. The number of carboxylic acid groups (broad SMARTS) is 1. The Balaban J connectivity index is 2.18. The van der Waals surface area contributed by atoms with Crippen molar-refractivity contribution in [3.05, 3.63) is 34.9 Å². The minimum atomic E-state index is -0.772. The molecule has 0 aliphatic heterocycles. The van der Waals surface area contributed by atoms with Gasteiger partial charge in [0.25, 0.3) is 0 Å². The van der Waals surface area contributed by atoms with Crippen molar-refractivity contribution < 1.29 is 14.7 Å². The Bertz CT molecular complexity index is 491. The molecule has 0 heterocycles. The molecule has 3 heteroatoms. The second-order valence-electron chi connectivity index (χ2n) is 5.16. The van der Waals surface area contributed by atoms with E-state index in [9.17, 15) is 9.59 Å². The maximum Gasteiger partial charge on any atom is 0.306 e. The summed E-state index contributed by atoms with van der Waals surface area (Å²) in [5.74, 6) is -1.12. The van der Waals surface area contributed by atoms with Crippen LogP contribution in [0.4, 0.5) is 0 Å². The Morgan fingerprint density at radius 1 is 1.17 bits per heavy atom. The van der Waals surface area contributed by atoms with E-state index in [0.29, 0.717) is 19.3 Å². The SMILES string of the molecule is Cc1cccc(C(=O)C2CCC(C(=O)O)C2)c1C. The van der Waals surface area contributed by atoms with E-state index in [4.69, 9.17) is 5.11 Å². The molecule has 1 aliphatic rings. The highest BCUT2D eigenvalue weighted by atomic mass is 16.4. The third kappa shape index (κ3) is 2.30. The van der Waals surface area contributed by atoms with Crippen molar-refractivity contribution >= 4 is 11.8 Å². The van der Waals surface area contributed by atoms with E-state index >= 15 is 0 Å². The van der Waals surface area contributed by atoms with Gasteiger partial charge < -0.3 is 5.11 Å². The second kappa shape index (κ2) is 4.92. The summed E-state index contributed by atoms with van der Waals surface area (Å²) in [5.41, 5.74) is 2.88. The monoisotopic (exact) mass is 246 g/mol. The lowest BCUT2D eigenvalue weighted by atomic mass is 9.91. The third-order valence-corrected chi connectivity index (χ3v) is 4.02. The Morgan fingerprint density at radius 3 is 2.44 bits per heavy atom. The Kier molecular flexibility index (Phi) is 3.50. The summed E-state index contributed by atoms with van der Waals surface area (Å²) in [7, 11) is 0. The first kappa shape index (κ1) is 12.8. The molecule has 96 valence electrons. The average Bonchev–Trinajstić information content (AvgIpc) is 2.81. The molecule has 0 bridgehead atoms. The molecule has 1 aliphatic carbocycles. The number of Topliss-reactive ketones (excluding diaryl/α,β-unsaturated/α-hetero) is 1. The van der Waals surface area contributed by atoms with Gasteiger partial charge in [-0.25, -0.2) is 0 Å². The summed E-state index contributed by atoms with van der Waals surface area (Å²) in [5, 5.41) is 8.97. The maximum atomic E-state index is 12.4. The van der Waals surface area contributed by atoms with Crippen molar-refractivity contribution in [2.24, 2.45) is 11.8 Å². The van der Waals surface area contributed by atoms with Gasteiger partial charge in [0.1, 0.15) is 0 Å². The van der Waals surface area contributed by atoms with Gasteiger partial charge in [-0.3, -0.25) is 9.59 Å². The van der Waals surface area contributed by atoms with Crippen LogP contribution in [-0.4, -0.2) is 16.9 Å². The lowest BCUT2D eigenvalue weighted by Crippen LogP contribution is -2.15. The number of aryl methyl sites for hydroxylation is 1. The summed E-state index contributed by atoms with van der Waals surface area (Å²) in [6.07, 6.45) is 1.81. The van der Waals surface area contributed by atoms with Gasteiger partial charge in [0.2, 0.25) is 0 Å². The van der Waals surface area contributed by atoms with Crippen LogP contribution in [0.25, 0.3) is 0 Å². The van der Waals surface area contributed by atoms with Crippen molar-refractivity contribution in [1.29, 1.82) is 0 Å². The van der Waals surface area contributed by atoms with E-state index in [0.717, 1.165) is 16.7 Å². The third-order valence-electron chi connectivity index (χ3n) is 4.02. The Hall–Kier alpha value is -1.64. The maximum absolute atomic E-state index is 12.4. The highest BCUT2D eigenvalue weighted by molar-refractivity contribution is 5.99. The highest BCUT2D eigenvalue weighted by Crippen LogP contribution is 2.34. The molecule has 0 amide bonds. The van der Waals surface area contributed by atoms with E-state index in [1.165, 1.54) is 0 Å². The molecule has 0 radical (unpaired) electrons. The first-order chi connectivity index (χ1) is 8.50. The van der Waals surface area contributed by atoms with E-state index in [2.05, 4.69) is 0 Å². The quantitative estimate of drug-likeness (QED) is 0.834. The molecule has 2 rings (SSSR count). The molecule has 2 atom stereocenters. The van der Waals surface area contributed by atoms with E-state index in [-0.39, 0.29) is 17.6 Å². The van der Waals surface area contributed by atoms with Crippen LogP contribution < -0.4 is 0 Å². The molecule has 1 saturated carbocycles. The van der Waals surface area contributed by atoms with Gasteiger partial charge in [0, 0.05) is 11.5 Å². The van der Waals surface area contributed by atoms with Gasteiger partial charge in [-0.05, 0) is 44.2 Å². The minimum absolute atomic E-state index is 0.111. The molecule has 1 N–H and O–H groups in total. The summed E-state index contributed by atoms with van der Waals surface area (Å²) < 4.78 is 0. The zero-order valence-corrected chi connectivity index (χ0v) is 10.8. The summed E-state index contributed by atoms with van der Waals surface area (Å²) in [6.45, 7) is 3.94. The predicted octanol–water partition coefficient (Wildman–Crippen LogP) is 2.99. The average molecular weight is 246 g/mol. The molecule has 1 aromatic carbocycles. The number of rotatable bonds is 3. The first-order valence-electron chi connectivity index (χ1n) is 6.34. The summed E-state index contributed by atoms with van der Waals surface area (Å²) >= 11 is 0. The standard InChI is InChI=1S/C15H18O3/c1-9-4-3-5-13(10(9)2)14(16)11-6-7-12(8-11)15(17)18/h3-5,11-12H,6-8H2,1-2H3,(H,17,18). The van der Waals surface area contributed by atoms with Crippen LogP contribution in [0.15, 0.2) is 18.2 Å².